The number of esters is 2. The molecule has 19 heavy (non-hydrogen) atoms. The maximum Gasteiger partial charge on any atom is 0.323 e. The van der Waals surface area contributed by atoms with Gasteiger partial charge in [0.1, 0.15) is 6.04 Å². The van der Waals surface area contributed by atoms with Crippen LogP contribution in [-0.2, 0) is 28.2 Å². The van der Waals surface area contributed by atoms with Gasteiger partial charge in [0.15, 0.2) is 0 Å². The van der Waals surface area contributed by atoms with Gasteiger partial charge in [-0.3, -0.25) is 14.2 Å². The predicted octanol–water partition coefficient (Wildman–Crippen LogP) is -0.921. The minimum Gasteiger partial charge on any atom is -0.766 e. The van der Waals surface area contributed by atoms with E-state index in [1.165, 1.54) is 0 Å². The first kappa shape index (κ1) is 17.5. The van der Waals surface area contributed by atoms with Crippen molar-refractivity contribution in [3.8, 4) is 6.07 Å². The summed E-state index contributed by atoms with van der Waals surface area (Å²) >= 11 is 0. The van der Waals surface area contributed by atoms with Gasteiger partial charge in [-0.15, -0.1) is 0 Å². The molecule has 108 valence electrons. The molecule has 0 rings (SSSR count). The van der Waals surface area contributed by atoms with E-state index in [4.69, 9.17) is 5.26 Å². The molecule has 0 radical (unpaired) electrons. The molecule has 0 fully saturated rings. The van der Waals surface area contributed by atoms with Gasteiger partial charge in [0.25, 0.3) is 0 Å². The van der Waals surface area contributed by atoms with Crippen molar-refractivity contribution in [2.75, 3.05) is 20.8 Å². The Kier molecular flexibility index (Phi) is 7.95. The molecular formula is C9H14N2O7P-. The molecule has 0 aromatic heterocycles. The number of carbonyl (C=O) groups is 2. The maximum absolute atomic E-state index is 11.4. The van der Waals surface area contributed by atoms with Crippen molar-refractivity contribution >= 4 is 19.7 Å². The lowest BCUT2D eigenvalue weighted by molar-refractivity contribution is -0.203. The number of rotatable bonds is 8. The molecule has 2 atom stereocenters. The van der Waals surface area contributed by atoms with Crippen LogP contribution in [0.2, 0.25) is 0 Å². The Morgan fingerprint density at radius 3 is 2.53 bits per heavy atom. The molecular weight excluding hydrogens is 279 g/mol. The Labute approximate surface area is 110 Å². The summed E-state index contributed by atoms with van der Waals surface area (Å²) in [5.74, 6) is -1.75. The van der Waals surface area contributed by atoms with Crippen LogP contribution in [0.3, 0.4) is 0 Å². The van der Waals surface area contributed by atoms with Crippen LogP contribution in [-0.4, -0.2) is 38.8 Å². The fourth-order valence-corrected chi connectivity index (χ4v) is 2.00. The first-order chi connectivity index (χ1) is 8.86. The highest BCUT2D eigenvalue weighted by Gasteiger charge is 2.27. The Balaban J connectivity index is 4.62. The molecule has 0 aliphatic carbocycles. The van der Waals surface area contributed by atoms with E-state index in [1.54, 1.807) is 6.07 Å². The van der Waals surface area contributed by atoms with Crippen molar-refractivity contribution in [1.29, 1.82) is 5.26 Å². The topological polar surface area (TPSA) is 138 Å². The Morgan fingerprint density at radius 2 is 2.05 bits per heavy atom. The van der Waals surface area contributed by atoms with Crippen molar-refractivity contribution in [2.24, 2.45) is 0 Å². The number of nitriles is 1. The molecule has 1 N–H and O–H groups in total. The summed E-state index contributed by atoms with van der Waals surface area (Å²) in [6, 6.07) is 0.249. The van der Waals surface area contributed by atoms with Gasteiger partial charge in [0.05, 0.1) is 39.7 Å². The van der Waals surface area contributed by atoms with Gasteiger partial charge < -0.3 is 18.9 Å². The highest BCUT2D eigenvalue weighted by Crippen LogP contribution is 2.32. The van der Waals surface area contributed by atoms with E-state index in [0.29, 0.717) is 0 Å². The van der Waals surface area contributed by atoms with Crippen LogP contribution in [0.15, 0.2) is 0 Å². The van der Waals surface area contributed by atoms with Crippen molar-refractivity contribution < 1.29 is 33.0 Å². The van der Waals surface area contributed by atoms with Crippen LogP contribution in [0, 0.1) is 11.3 Å². The zero-order valence-electron chi connectivity index (χ0n) is 10.5. The Bertz CT molecular complexity index is 406. The van der Waals surface area contributed by atoms with Crippen LogP contribution >= 0.6 is 7.75 Å². The van der Waals surface area contributed by atoms with Gasteiger partial charge in [0.2, 0.25) is 7.75 Å². The van der Waals surface area contributed by atoms with Gasteiger partial charge in [-0.2, -0.15) is 5.26 Å². The van der Waals surface area contributed by atoms with Gasteiger partial charge in [-0.1, -0.05) is 0 Å². The Morgan fingerprint density at radius 1 is 1.42 bits per heavy atom. The first-order valence-electron chi connectivity index (χ1n) is 5.11. The number of nitrogens with one attached hydrogen (secondary N) is 1. The third-order valence-electron chi connectivity index (χ3n) is 1.87. The van der Waals surface area contributed by atoms with Crippen LogP contribution in [0.5, 0.6) is 0 Å². The average Bonchev–Trinajstić information content (AvgIpc) is 2.36. The molecule has 9 nitrogen and oxygen atoms in total. The minimum absolute atomic E-state index is 0.131. The van der Waals surface area contributed by atoms with Gasteiger partial charge in [-0.05, 0) is 0 Å². The van der Waals surface area contributed by atoms with E-state index in [1.807, 2.05) is 5.09 Å². The summed E-state index contributed by atoms with van der Waals surface area (Å²) < 4.78 is 24.5. The zero-order chi connectivity index (χ0) is 14.9. The molecule has 2 unspecified atom stereocenters. The van der Waals surface area contributed by atoms with E-state index in [0.717, 1.165) is 14.2 Å². The molecule has 0 saturated carbocycles. The van der Waals surface area contributed by atoms with Crippen molar-refractivity contribution in [2.45, 2.75) is 18.9 Å². The highest BCUT2D eigenvalue weighted by molar-refractivity contribution is 7.49. The third-order valence-corrected chi connectivity index (χ3v) is 3.02. The number of hydrogen-bond acceptors (Lipinski definition) is 8. The fraction of sp³-hybridized carbons (Fsp3) is 0.667. The lowest BCUT2D eigenvalue weighted by Gasteiger charge is -2.27. The largest absolute Gasteiger partial charge is 0.766 e. The van der Waals surface area contributed by atoms with Crippen LogP contribution < -0.4 is 9.98 Å². The first-order valence-corrected chi connectivity index (χ1v) is 6.65. The van der Waals surface area contributed by atoms with Crippen LogP contribution in [0.25, 0.3) is 0 Å². The second kappa shape index (κ2) is 8.61. The standard InChI is InChI=1S/C9H15N2O7P/c1-16-8(12)6-7(9(13)17-2)11-19(14,15)18-5-3-4-10/h7H,3,5-6H2,1-2H3,(H2,11,14,15)/p-1. The average molecular weight is 293 g/mol. The molecule has 0 bridgehead atoms. The second-order valence-corrected chi connectivity index (χ2v) is 4.74. The molecule has 0 saturated heterocycles. The molecule has 0 spiro atoms. The molecule has 0 aliphatic heterocycles. The maximum atomic E-state index is 11.4. The Hall–Kier alpha value is -1.46. The number of ether oxygens (including phenoxy) is 2. The number of methoxy groups -OCH3 is 2. The quantitative estimate of drug-likeness (QED) is 0.342. The monoisotopic (exact) mass is 293 g/mol. The summed E-state index contributed by atoms with van der Waals surface area (Å²) in [4.78, 5) is 33.8. The molecule has 10 heteroatoms. The number of carbonyl (C=O) groups excluding carboxylic acids is 2. The fourth-order valence-electron chi connectivity index (χ4n) is 1.01. The van der Waals surface area contributed by atoms with Crippen molar-refractivity contribution in [1.82, 2.24) is 5.09 Å². The summed E-state index contributed by atoms with van der Waals surface area (Å²) in [6.45, 7) is -0.351. The number of hydrogen-bond donors (Lipinski definition) is 1. The van der Waals surface area contributed by atoms with E-state index in [9.17, 15) is 19.0 Å². The second-order valence-electron chi connectivity index (χ2n) is 3.22. The molecule has 0 aromatic carbocycles. The van der Waals surface area contributed by atoms with Gasteiger partial charge in [-0.25, -0.2) is 5.09 Å². The number of nitrogens with zero attached hydrogens (tertiary/aromatic N) is 1. The van der Waals surface area contributed by atoms with Crippen molar-refractivity contribution in [3.63, 3.8) is 0 Å². The SMILES string of the molecule is COC(=O)CC(NP(=O)([O-])OCCC#N)C(=O)OC. The predicted molar refractivity (Wildman–Crippen MR) is 59.4 cm³/mol. The van der Waals surface area contributed by atoms with E-state index >= 15 is 0 Å². The summed E-state index contributed by atoms with van der Waals surface area (Å²) in [7, 11) is -2.44. The lowest BCUT2D eigenvalue weighted by atomic mass is 10.2. The zero-order valence-corrected chi connectivity index (χ0v) is 11.3. The van der Waals surface area contributed by atoms with E-state index in [2.05, 4.69) is 14.0 Å². The molecule has 0 aliphatic rings. The minimum atomic E-state index is -4.57. The molecule has 0 aromatic rings. The summed E-state index contributed by atoms with van der Waals surface area (Å²) in [5, 5.41) is 10.1. The summed E-state index contributed by atoms with van der Waals surface area (Å²) in [6.07, 6.45) is -0.662. The van der Waals surface area contributed by atoms with Crippen molar-refractivity contribution in [3.05, 3.63) is 0 Å². The lowest BCUT2D eigenvalue weighted by Crippen LogP contribution is -2.40. The highest BCUT2D eigenvalue weighted by atomic mass is 31.2. The molecule has 0 heterocycles. The summed E-state index contributed by atoms with van der Waals surface area (Å²) in [5.41, 5.74) is 0. The third kappa shape index (κ3) is 7.54. The van der Waals surface area contributed by atoms with Crippen LogP contribution in [0.1, 0.15) is 12.8 Å². The van der Waals surface area contributed by atoms with Gasteiger partial charge in [0, 0.05) is 0 Å². The van der Waals surface area contributed by atoms with E-state index in [-0.39, 0.29) is 13.0 Å². The normalized spacial score (nSPS) is 14.8. The van der Waals surface area contributed by atoms with Gasteiger partial charge >= 0.3 is 11.9 Å². The van der Waals surface area contributed by atoms with E-state index < -0.39 is 32.1 Å². The smallest absolute Gasteiger partial charge is 0.323 e. The molecule has 0 amide bonds. The van der Waals surface area contributed by atoms with Crippen LogP contribution in [0.4, 0.5) is 0 Å².